The van der Waals surface area contributed by atoms with Crippen LogP contribution in [0.3, 0.4) is 0 Å². The summed E-state index contributed by atoms with van der Waals surface area (Å²) in [6, 6.07) is 11.7. The van der Waals surface area contributed by atoms with Crippen LogP contribution in [0.4, 0.5) is 0 Å². The molecule has 6 nitrogen and oxygen atoms in total. The minimum absolute atomic E-state index is 0.0529. The first-order valence-electron chi connectivity index (χ1n) is 9.69. The second-order valence-electron chi connectivity index (χ2n) is 7.53. The number of benzene rings is 1. The molecule has 0 N–H and O–H groups in total. The summed E-state index contributed by atoms with van der Waals surface area (Å²) in [7, 11) is 0. The highest BCUT2D eigenvalue weighted by atomic mass is 16.5. The standard InChI is InChI=1S/C21H25N3O3/c1-16(25)24-13-7-10-21(24,20(26)23-11-5-6-12-23)15-18-14-19(22-27-18)17-8-3-2-4-9-17/h2-4,8-9,14H,5-7,10-13,15H2,1H3/t21-/m0/s1. The zero-order valence-corrected chi connectivity index (χ0v) is 15.7. The van der Waals surface area contributed by atoms with E-state index in [-0.39, 0.29) is 11.8 Å². The smallest absolute Gasteiger partial charge is 0.249 e. The highest BCUT2D eigenvalue weighted by Gasteiger charge is 2.51. The van der Waals surface area contributed by atoms with Crippen LogP contribution >= 0.6 is 0 Å². The Morgan fingerprint density at radius 3 is 2.56 bits per heavy atom. The van der Waals surface area contributed by atoms with Crippen molar-refractivity contribution < 1.29 is 14.1 Å². The number of hydrogen-bond donors (Lipinski definition) is 0. The first kappa shape index (κ1) is 17.8. The van der Waals surface area contributed by atoms with E-state index in [9.17, 15) is 9.59 Å². The Hall–Kier alpha value is -2.63. The third kappa shape index (κ3) is 3.24. The van der Waals surface area contributed by atoms with Crippen molar-refractivity contribution in [2.45, 2.75) is 44.6 Å². The number of hydrogen-bond acceptors (Lipinski definition) is 4. The maximum absolute atomic E-state index is 13.4. The Morgan fingerprint density at radius 1 is 1.11 bits per heavy atom. The Bertz CT molecular complexity index is 826. The van der Waals surface area contributed by atoms with Gasteiger partial charge in [-0.25, -0.2) is 0 Å². The Balaban J connectivity index is 1.65. The van der Waals surface area contributed by atoms with Crippen molar-refractivity contribution in [3.05, 3.63) is 42.2 Å². The lowest BCUT2D eigenvalue weighted by atomic mass is 9.88. The zero-order chi connectivity index (χ0) is 18.9. The van der Waals surface area contributed by atoms with E-state index in [1.807, 2.05) is 41.3 Å². The highest BCUT2D eigenvalue weighted by molar-refractivity contribution is 5.92. The van der Waals surface area contributed by atoms with Gasteiger partial charge in [0.1, 0.15) is 17.0 Å². The van der Waals surface area contributed by atoms with Crippen LogP contribution in [0.2, 0.25) is 0 Å². The van der Waals surface area contributed by atoms with E-state index in [0.29, 0.717) is 25.1 Å². The van der Waals surface area contributed by atoms with Gasteiger partial charge in [0.05, 0.1) is 0 Å². The Morgan fingerprint density at radius 2 is 1.85 bits per heavy atom. The number of likely N-dealkylation sites (tertiary alicyclic amines) is 2. The fourth-order valence-electron chi connectivity index (χ4n) is 4.46. The van der Waals surface area contributed by atoms with E-state index in [1.54, 1.807) is 11.8 Å². The molecule has 1 aromatic heterocycles. The molecule has 2 saturated heterocycles. The molecule has 0 radical (unpaired) electrons. The minimum Gasteiger partial charge on any atom is -0.361 e. The van der Waals surface area contributed by atoms with Gasteiger partial charge in [-0.3, -0.25) is 9.59 Å². The molecule has 4 rings (SSSR count). The van der Waals surface area contributed by atoms with E-state index >= 15 is 0 Å². The fourth-order valence-corrected chi connectivity index (χ4v) is 4.46. The second kappa shape index (κ2) is 7.18. The molecular formula is C21H25N3O3. The summed E-state index contributed by atoms with van der Waals surface area (Å²) in [5.74, 6) is 0.655. The Labute approximate surface area is 159 Å². The van der Waals surface area contributed by atoms with Crippen molar-refractivity contribution in [1.82, 2.24) is 15.0 Å². The van der Waals surface area contributed by atoms with Crippen LogP contribution in [0.25, 0.3) is 11.3 Å². The first-order valence-corrected chi connectivity index (χ1v) is 9.69. The minimum atomic E-state index is -0.844. The quantitative estimate of drug-likeness (QED) is 0.833. The van der Waals surface area contributed by atoms with E-state index < -0.39 is 5.54 Å². The predicted molar refractivity (Wildman–Crippen MR) is 101 cm³/mol. The average molecular weight is 367 g/mol. The third-order valence-corrected chi connectivity index (χ3v) is 5.76. The average Bonchev–Trinajstić information content (AvgIpc) is 3.43. The van der Waals surface area contributed by atoms with Crippen LogP contribution in [0, 0.1) is 0 Å². The molecule has 3 heterocycles. The summed E-state index contributed by atoms with van der Waals surface area (Å²) >= 11 is 0. The van der Waals surface area contributed by atoms with Crippen LogP contribution in [0.1, 0.15) is 38.4 Å². The van der Waals surface area contributed by atoms with Crippen LogP contribution in [0.5, 0.6) is 0 Å². The van der Waals surface area contributed by atoms with Gasteiger partial charge in [-0.1, -0.05) is 35.5 Å². The fraction of sp³-hybridized carbons (Fsp3) is 0.476. The number of carbonyl (C=O) groups excluding carboxylic acids is 2. The van der Waals surface area contributed by atoms with Crippen molar-refractivity contribution >= 4 is 11.8 Å². The molecule has 0 aliphatic carbocycles. The normalized spacial score (nSPS) is 22.4. The summed E-state index contributed by atoms with van der Waals surface area (Å²) in [5.41, 5.74) is 0.882. The van der Waals surface area contributed by atoms with Crippen LogP contribution < -0.4 is 0 Å². The molecule has 2 aliphatic rings. The van der Waals surface area contributed by atoms with Gasteiger partial charge < -0.3 is 14.3 Å². The molecule has 27 heavy (non-hydrogen) atoms. The Kier molecular flexibility index (Phi) is 4.72. The largest absolute Gasteiger partial charge is 0.361 e. The number of amides is 2. The van der Waals surface area contributed by atoms with Gasteiger partial charge in [-0.15, -0.1) is 0 Å². The number of rotatable bonds is 4. The summed E-state index contributed by atoms with van der Waals surface area (Å²) in [6.45, 7) is 3.72. The number of aromatic nitrogens is 1. The van der Waals surface area contributed by atoms with Gasteiger partial charge in [0, 0.05) is 44.6 Å². The van der Waals surface area contributed by atoms with E-state index in [2.05, 4.69) is 5.16 Å². The molecule has 1 atom stereocenters. The molecule has 0 unspecified atom stereocenters. The predicted octanol–water partition coefficient (Wildman–Crippen LogP) is 2.89. The van der Waals surface area contributed by atoms with Crippen LogP contribution in [-0.4, -0.2) is 51.9 Å². The molecule has 2 aliphatic heterocycles. The van der Waals surface area contributed by atoms with E-state index in [4.69, 9.17) is 4.52 Å². The maximum Gasteiger partial charge on any atom is 0.249 e. The lowest BCUT2D eigenvalue weighted by Gasteiger charge is -2.38. The highest BCUT2D eigenvalue weighted by Crippen LogP contribution is 2.36. The summed E-state index contributed by atoms with van der Waals surface area (Å²) in [4.78, 5) is 29.4. The van der Waals surface area contributed by atoms with Crippen molar-refractivity contribution in [3.8, 4) is 11.3 Å². The van der Waals surface area contributed by atoms with Gasteiger partial charge in [0.25, 0.3) is 0 Å². The van der Waals surface area contributed by atoms with Gasteiger partial charge in [0.15, 0.2) is 0 Å². The van der Waals surface area contributed by atoms with Crippen molar-refractivity contribution in [2.24, 2.45) is 0 Å². The van der Waals surface area contributed by atoms with Crippen molar-refractivity contribution in [1.29, 1.82) is 0 Å². The lowest BCUT2D eigenvalue weighted by molar-refractivity contribution is -0.150. The van der Waals surface area contributed by atoms with Crippen molar-refractivity contribution in [3.63, 3.8) is 0 Å². The molecule has 0 spiro atoms. The zero-order valence-electron chi connectivity index (χ0n) is 15.7. The van der Waals surface area contributed by atoms with Crippen LogP contribution in [-0.2, 0) is 16.0 Å². The summed E-state index contributed by atoms with van der Waals surface area (Å²) in [6.07, 6.45) is 3.94. The SMILES string of the molecule is CC(=O)N1CCC[C@]1(Cc1cc(-c2ccccc2)no1)C(=O)N1CCCC1. The first-order chi connectivity index (χ1) is 13.1. The van der Waals surface area contributed by atoms with Gasteiger partial charge in [-0.05, 0) is 25.7 Å². The van der Waals surface area contributed by atoms with Crippen LogP contribution in [0.15, 0.2) is 40.9 Å². The molecule has 142 valence electrons. The molecular weight excluding hydrogens is 342 g/mol. The summed E-state index contributed by atoms with van der Waals surface area (Å²) < 4.78 is 5.59. The number of nitrogens with zero attached hydrogens (tertiary/aromatic N) is 3. The van der Waals surface area contributed by atoms with E-state index in [1.165, 1.54) is 0 Å². The molecule has 0 saturated carbocycles. The molecule has 6 heteroatoms. The molecule has 2 amide bonds. The van der Waals surface area contributed by atoms with Crippen molar-refractivity contribution in [2.75, 3.05) is 19.6 Å². The molecule has 2 aromatic rings. The monoisotopic (exact) mass is 367 g/mol. The number of carbonyl (C=O) groups is 2. The van der Waals surface area contributed by atoms with Gasteiger partial charge >= 0.3 is 0 Å². The topological polar surface area (TPSA) is 66.7 Å². The molecule has 0 bridgehead atoms. The lowest BCUT2D eigenvalue weighted by Crippen LogP contribution is -2.58. The molecule has 1 aromatic carbocycles. The second-order valence-corrected chi connectivity index (χ2v) is 7.53. The maximum atomic E-state index is 13.4. The van der Waals surface area contributed by atoms with Gasteiger partial charge in [0.2, 0.25) is 11.8 Å². The molecule has 2 fully saturated rings. The van der Waals surface area contributed by atoms with E-state index in [0.717, 1.165) is 43.6 Å². The summed E-state index contributed by atoms with van der Waals surface area (Å²) in [5, 5.41) is 4.18. The third-order valence-electron chi connectivity index (χ3n) is 5.76. The van der Waals surface area contributed by atoms with Gasteiger partial charge in [-0.2, -0.15) is 0 Å².